The number of carbonyl (C=O) groups is 4. The standard InChI is InChI=1S/C12H16N6O5/c13-9(3-1-7(19)5-16-14)11(21)18-10(12(22)23)4-2-8(20)6-17-15/h5-6,9-10H,1-4,13H2,(H,18,21)(H,22,23)/t9-,10-/m0/s1. The molecule has 4 N–H and O–H groups in total. The lowest BCUT2D eigenvalue weighted by molar-refractivity contribution is -0.142. The highest BCUT2D eigenvalue weighted by molar-refractivity contribution is 6.25. The van der Waals surface area contributed by atoms with E-state index in [2.05, 4.69) is 14.9 Å². The molecule has 1 amide bonds. The van der Waals surface area contributed by atoms with Gasteiger partial charge >= 0.3 is 18.4 Å². The van der Waals surface area contributed by atoms with E-state index >= 15 is 0 Å². The number of nitrogens with one attached hydrogen (secondary N) is 1. The van der Waals surface area contributed by atoms with Crippen LogP contribution < -0.4 is 11.1 Å². The smallest absolute Gasteiger partial charge is 0.326 e. The van der Waals surface area contributed by atoms with Crippen molar-refractivity contribution in [3.63, 3.8) is 0 Å². The van der Waals surface area contributed by atoms with E-state index in [1.54, 1.807) is 0 Å². The van der Waals surface area contributed by atoms with Gasteiger partial charge in [-0.3, -0.25) is 14.4 Å². The summed E-state index contributed by atoms with van der Waals surface area (Å²) in [5.74, 6) is -3.30. The first-order valence-corrected chi connectivity index (χ1v) is 6.51. The lowest BCUT2D eigenvalue weighted by Crippen LogP contribution is -2.48. The molecule has 0 saturated heterocycles. The molecule has 0 radical (unpaired) electrons. The summed E-state index contributed by atoms with van der Waals surface area (Å²) in [5.41, 5.74) is 21.8. The van der Waals surface area contributed by atoms with Crippen LogP contribution in [0.2, 0.25) is 0 Å². The van der Waals surface area contributed by atoms with Crippen LogP contribution in [0.25, 0.3) is 11.1 Å². The Kier molecular flexibility index (Phi) is 9.29. The van der Waals surface area contributed by atoms with Crippen molar-refractivity contribution in [3.05, 3.63) is 11.1 Å². The van der Waals surface area contributed by atoms with Gasteiger partial charge in [-0.2, -0.15) is 9.58 Å². The summed E-state index contributed by atoms with van der Waals surface area (Å²) in [7, 11) is 0. The SMILES string of the molecule is [N-]=[N+]=CC(=O)CC[C@H](NC(=O)[C@@H](N)CCC(=O)C=[N+]=[N-])C(=O)O. The number of Topliss-reactive ketones (excluding diaryl/α,β-unsaturated/α-hetero) is 2. The van der Waals surface area contributed by atoms with Crippen molar-refractivity contribution in [2.75, 3.05) is 0 Å². The Hall–Kier alpha value is -3.00. The molecule has 0 saturated carbocycles. The molecule has 11 nitrogen and oxygen atoms in total. The van der Waals surface area contributed by atoms with Crippen molar-refractivity contribution in [3.8, 4) is 0 Å². The average Bonchev–Trinajstić information content (AvgIpc) is 2.49. The van der Waals surface area contributed by atoms with Crippen LogP contribution in [0.5, 0.6) is 0 Å². The maximum Gasteiger partial charge on any atom is 0.326 e. The van der Waals surface area contributed by atoms with Crippen LogP contribution in [0, 0.1) is 0 Å². The summed E-state index contributed by atoms with van der Waals surface area (Å²) >= 11 is 0. The molecule has 0 aromatic rings. The molecule has 0 aliphatic carbocycles. The number of carboxylic acids is 1. The van der Waals surface area contributed by atoms with Gasteiger partial charge in [0.1, 0.15) is 6.04 Å². The fraction of sp³-hybridized carbons (Fsp3) is 0.500. The number of nitrogens with two attached hydrogens (primary N) is 1. The van der Waals surface area contributed by atoms with E-state index in [0.29, 0.717) is 12.4 Å². The Labute approximate surface area is 130 Å². The zero-order valence-electron chi connectivity index (χ0n) is 12.1. The highest BCUT2D eigenvalue weighted by atomic mass is 16.4. The van der Waals surface area contributed by atoms with E-state index in [1.807, 2.05) is 0 Å². The van der Waals surface area contributed by atoms with Gasteiger partial charge < -0.3 is 27.2 Å². The van der Waals surface area contributed by atoms with E-state index in [1.165, 1.54) is 0 Å². The normalized spacial score (nSPS) is 12.0. The van der Waals surface area contributed by atoms with Gasteiger partial charge in [-0.25, -0.2) is 4.79 Å². The van der Waals surface area contributed by atoms with Crippen LogP contribution >= 0.6 is 0 Å². The molecule has 0 bridgehead atoms. The lowest BCUT2D eigenvalue weighted by Gasteiger charge is -2.16. The lowest BCUT2D eigenvalue weighted by atomic mass is 10.1. The van der Waals surface area contributed by atoms with Gasteiger partial charge in [0.25, 0.3) is 0 Å². The molecule has 11 heteroatoms. The second-order valence-electron chi connectivity index (χ2n) is 4.51. The number of amides is 1. The predicted octanol–water partition coefficient (Wildman–Crippen LogP) is -1.82. The first-order chi connectivity index (χ1) is 10.8. The molecule has 0 spiro atoms. The molecule has 0 fully saturated rings. The molecule has 0 aromatic heterocycles. The molecular formula is C12H16N6O5. The molecule has 124 valence electrons. The highest BCUT2D eigenvalue weighted by Gasteiger charge is 2.24. The molecular weight excluding hydrogens is 308 g/mol. The Morgan fingerprint density at radius 3 is 1.96 bits per heavy atom. The van der Waals surface area contributed by atoms with Crippen molar-refractivity contribution in [2.24, 2.45) is 5.73 Å². The quantitative estimate of drug-likeness (QED) is 0.227. The topological polar surface area (TPSA) is 199 Å². The number of rotatable bonds is 11. The van der Waals surface area contributed by atoms with Gasteiger partial charge in [-0.15, -0.1) is 0 Å². The van der Waals surface area contributed by atoms with Gasteiger partial charge in [-0.05, 0) is 12.8 Å². The predicted molar refractivity (Wildman–Crippen MR) is 75.4 cm³/mol. The maximum absolute atomic E-state index is 11.8. The van der Waals surface area contributed by atoms with E-state index in [0.717, 1.165) is 0 Å². The second-order valence-corrected chi connectivity index (χ2v) is 4.51. The largest absolute Gasteiger partial charge is 0.480 e. The first kappa shape index (κ1) is 20.0. The van der Waals surface area contributed by atoms with Crippen molar-refractivity contribution < 1.29 is 33.9 Å². The number of hydrogen-bond donors (Lipinski definition) is 3. The van der Waals surface area contributed by atoms with Gasteiger partial charge in [0.15, 0.2) is 0 Å². The third-order valence-corrected chi connectivity index (χ3v) is 2.74. The molecule has 0 unspecified atom stereocenters. The highest BCUT2D eigenvalue weighted by Crippen LogP contribution is 2.01. The van der Waals surface area contributed by atoms with Gasteiger partial charge in [-0.1, -0.05) is 0 Å². The zero-order valence-corrected chi connectivity index (χ0v) is 12.1. The van der Waals surface area contributed by atoms with Crippen LogP contribution in [0.1, 0.15) is 25.7 Å². The van der Waals surface area contributed by atoms with Gasteiger partial charge in [0.2, 0.25) is 17.5 Å². The summed E-state index contributed by atoms with van der Waals surface area (Å²) in [6.07, 6.45) is 0.609. The minimum Gasteiger partial charge on any atom is -0.480 e. The minimum atomic E-state index is -1.36. The van der Waals surface area contributed by atoms with E-state index in [-0.39, 0.29) is 25.7 Å². The summed E-state index contributed by atoms with van der Waals surface area (Å²) in [5, 5.41) is 11.1. The molecule has 0 aliphatic heterocycles. The summed E-state index contributed by atoms with van der Waals surface area (Å²) in [4.78, 5) is 50.0. The first-order valence-electron chi connectivity index (χ1n) is 6.51. The molecule has 0 aliphatic rings. The Bertz CT molecular complexity index is 576. The van der Waals surface area contributed by atoms with Crippen LogP contribution in [-0.4, -0.2) is 62.6 Å². The third-order valence-electron chi connectivity index (χ3n) is 2.74. The summed E-state index contributed by atoms with van der Waals surface area (Å²) in [6, 6.07) is -2.48. The monoisotopic (exact) mass is 324 g/mol. The number of ketones is 2. The molecule has 2 atom stereocenters. The Morgan fingerprint density at radius 2 is 1.52 bits per heavy atom. The molecule has 23 heavy (non-hydrogen) atoms. The number of hydrogen-bond acceptors (Lipinski definition) is 5. The van der Waals surface area contributed by atoms with Crippen LogP contribution in [0.3, 0.4) is 0 Å². The number of carbonyl (C=O) groups excluding carboxylic acids is 3. The Morgan fingerprint density at radius 1 is 1.04 bits per heavy atom. The van der Waals surface area contributed by atoms with Crippen molar-refractivity contribution >= 4 is 35.9 Å². The summed E-state index contributed by atoms with van der Waals surface area (Å²) < 4.78 is 0. The maximum atomic E-state index is 11.8. The Balaban J connectivity index is 4.51. The number of aliphatic carboxylic acids is 1. The van der Waals surface area contributed by atoms with Crippen molar-refractivity contribution in [1.29, 1.82) is 0 Å². The fourth-order valence-electron chi connectivity index (χ4n) is 1.51. The fourth-order valence-corrected chi connectivity index (χ4v) is 1.51. The number of nitrogens with zero attached hydrogens (tertiary/aromatic N) is 4. The third kappa shape index (κ3) is 8.79. The molecule has 0 aromatic carbocycles. The summed E-state index contributed by atoms with van der Waals surface area (Å²) in [6.45, 7) is 0. The average molecular weight is 324 g/mol. The van der Waals surface area contributed by atoms with Crippen LogP contribution in [-0.2, 0) is 19.2 Å². The van der Waals surface area contributed by atoms with E-state index < -0.39 is 35.5 Å². The second kappa shape index (κ2) is 10.7. The van der Waals surface area contributed by atoms with Crippen molar-refractivity contribution in [2.45, 2.75) is 37.8 Å². The van der Waals surface area contributed by atoms with E-state index in [4.69, 9.17) is 21.9 Å². The van der Waals surface area contributed by atoms with Crippen LogP contribution in [0.15, 0.2) is 0 Å². The minimum absolute atomic E-state index is 0.0703. The van der Waals surface area contributed by atoms with E-state index in [9.17, 15) is 19.2 Å². The molecule has 0 rings (SSSR count). The van der Waals surface area contributed by atoms with Gasteiger partial charge in [0, 0.05) is 12.8 Å². The number of carboxylic acid groups (broad SMARTS) is 1. The zero-order chi connectivity index (χ0) is 17.8. The van der Waals surface area contributed by atoms with Crippen molar-refractivity contribution in [1.82, 2.24) is 5.32 Å². The van der Waals surface area contributed by atoms with Crippen LogP contribution in [0.4, 0.5) is 0 Å². The molecule has 0 heterocycles. The van der Waals surface area contributed by atoms with Gasteiger partial charge in [0.05, 0.1) is 6.04 Å².